The average molecular weight is 951 g/mol. The summed E-state index contributed by atoms with van der Waals surface area (Å²) < 4.78 is 5.03. The molecule has 13 aromatic rings. The third-order valence-electron chi connectivity index (χ3n) is 15.7. The van der Waals surface area contributed by atoms with Crippen LogP contribution in [0.5, 0.6) is 0 Å². The first kappa shape index (κ1) is 42.3. The van der Waals surface area contributed by atoms with E-state index in [-0.39, 0.29) is 10.8 Å². The normalized spacial score (nSPS) is 13.9. The first-order valence-corrected chi connectivity index (χ1v) is 25.3. The Morgan fingerprint density at radius 1 is 0.270 bits per heavy atom. The highest BCUT2D eigenvalue weighted by atomic mass is 15.1. The van der Waals surface area contributed by atoms with Crippen molar-refractivity contribution in [2.75, 3.05) is 0 Å². The van der Waals surface area contributed by atoms with Crippen molar-refractivity contribution < 1.29 is 0 Å². The van der Waals surface area contributed by atoms with Gasteiger partial charge in [-0.25, -0.2) is 29.9 Å². The largest absolute Gasteiger partial charge is 0.309 e. The van der Waals surface area contributed by atoms with Gasteiger partial charge in [0.1, 0.15) is 0 Å². The lowest BCUT2D eigenvalue weighted by atomic mass is 9.74. The fraction of sp³-hybridized carbons (Fsp3) is 0.0909. The molecule has 2 aliphatic rings. The maximum Gasteiger partial charge on any atom is 0.164 e. The third kappa shape index (κ3) is 6.15. The molecule has 15 rings (SSSR count). The van der Waals surface area contributed by atoms with E-state index in [1.807, 2.05) is 72.8 Å². The van der Waals surface area contributed by atoms with Gasteiger partial charge >= 0.3 is 0 Å². The summed E-state index contributed by atoms with van der Waals surface area (Å²) in [6.45, 7) is 9.40. The molecule has 0 amide bonds. The van der Waals surface area contributed by atoms with Gasteiger partial charge in [-0.1, -0.05) is 185 Å². The Kier molecular flexibility index (Phi) is 8.89. The van der Waals surface area contributed by atoms with Crippen molar-refractivity contribution in [1.29, 1.82) is 0 Å². The molecular weight excluding hydrogens is 905 g/mol. The molecule has 350 valence electrons. The number of benzene rings is 9. The molecule has 8 nitrogen and oxygen atoms in total. The molecule has 0 radical (unpaired) electrons. The number of aromatic nitrogens is 8. The van der Waals surface area contributed by atoms with Crippen molar-refractivity contribution in [3.8, 4) is 79.7 Å². The van der Waals surface area contributed by atoms with E-state index in [9.17, 15) is 0 Å². The molecular formula is C66H46N8. The molecule has 0 saturated carbocycles. The van der Waals surface area contributed by atoms with Crippen LogP contribution >= 0.6 is 0 Å². The van der Waals surface area contributed by atoms with Gasteiger partial charge in [-0.3, -0.25) is 0 Å². The lowest BCUT2D eigenvalue weighted by Crippen LogP contribution is -2.26. The predicted molar refractivity (Wildman–Crippen MR) is 299 cm³/mol. The summed E-state index contributed by atoms with van der Waals surface area (Å²) in [5, 5.41) is 4.59. The number of hydrogen-bond donors (Lipinski definition) is 0. The van der Waals surface area contributed by atoms with Gasteiger partial charge in [0, 0.05) is 65.8 Å². The highest BCUT2D eigenvalue weighted by molar-refractivity contribution is 6.21. The van der Waals surface area contributed by atoms with E-state index in [1.165, 1.54) is 44.7 Å². The Morgan fingerprint density at radius 2 is 0.568 bits per heavy atom. The van der Waals surface area contributed by atoms with Gasteiger partial charge in [-0.2, -0.15) is 0 Å². The second kappa shape index (κ2) is 15.6. The summed E-state index contributed by atoms with van der Waals surface area (Å²) in [4.78, 5) is 31.2. The molecule has 0 bridgehead atoms. The number of hydrogen-bond acceptors (Lipinski definition) is 6. The summed E-state index contributed by atoms with van der Waals surface area (Å²) >= 11 is 0. The van der Waals surface area contributed by atoms with Crippen LogP contribution in [0.1, 0.15) is 49.9 Å². The van der Waals surface area contributed by atoms with Crippen molar-refractivity contribution in [1.82, 2.24) is 39.0 Å². The first-order valence-electron chi connectivity index (χ1n) is 25.3. The lowest BCUT2D eigenvalue weighted by molar-refractivity contribution is 0.630. The van der Waals surface area contributed by atoms with Crippen LogP contribution in [0.4, 0.5) is 0 Å². The van der Waals surface area contributed by atoms with Crippen LogP contribution in [0.3, 0.4) is 0 Å². The van der Waals surface area contributed by atoms with Crippen molar-refractivity contribution in [2.45, 2.75) is 38.5 Å². The number of fused-ring (bicyclic) bond motifs is 10. The van der Waals surface area contributed by atoms with Crippen LogP contribution in [0.25, 0.3) is 123 Å². The molecule has 0 unspecified atom stereocenters. The number of rotatable bonds is 6. The van der Waals surface area contributed by atoms with Gasteiger partial charge in [-0.05, 0) is 70.8 Å². The minimum absolute atomic E-state index is 0.356. The van der Waals surface area contributed by atoms with E-state index in [1.54, 1.807) is 0 Å². The Bertz CT molecular complexity index is 4060. The quantitative estimate of drug-likeness (QED) is 0.165. The highest BCUT2D eigenvalue weighted by Gasteiger charge is 2.39. The minimum atomic E-state index is -0.356. The molecule has 0 fully saturated rings. The first-order chi connectivity index (χ1) is 36.2. The second-order valence-corrected chi connectivity index (χ2v) is 20.8. The van der Waals surface area contributed by atoms with E-state index in [0.717, 1.165) is 66.0 Å². The number of nitrogens with zero attached hydrogens (tertiary/aromatic N) is 8. The molecule has 0 spiro atoms. The Labute approximate surface area is 427 Å². The summed E-state index contributed by atoms with van der Waals surface area (Å²) in [6.07, 6.45) is 0. The molecule has 0 atom stereocenters. The predicted octanol–water partition coefficient (Wildman–Crippen LogP) is 15.5. The SMILES string of the molecule is CC1(C)c2ccccc2-n2c3cc4c(cc3c3cc(-c5nc(-c6ccccc6)nc(-c6ccccc6)n5)cc1c32)c1cc(-c2nc(-c3ccccc3)nc(-c3ccccc3)n2)cc2c1n4-c1ccccc1C2(C)C. The van der Waals surface area contributed by atoms with Crippen LogP contribution in [0.2, 0.25) is 0 Å². The van der Waals surface area contributed by atoms with Crippen LogP contribution < -0.4 is 0 Å². The Balaban J connectivity index is 1.05. The summed E-state index contributed by atoms with van der Waals surface area (Å²) in [5.41, 5.74) is 16.9. The van der Waals surface area contributed by atoms with Crippen molar-refractivity contribution in [3.63, 3.8) is 0 Å². The molecule has 6 heterocycles. The van der Waals surface area contributed by atoms with E-state index < -0.39 is 0 Å². The van der Waals surface area contributed by atoms with Crippen molar-refractivity contribution in [3.05, 3.63) is 229 Å². The van der Waals surface area contributed by atoms with Gasteiger partial charge < -0.3 is 9.13 Å². The molecule has 4 aromatic heterocycles. The Morgan fingerprint density at radius 3 is 0.905 bits per heavy atom. The van der Waals surface area contributed by atoms with Gasteiger partial charge in [0.2, 0.25) is 0 Å². The fourth-order valence-electron chi connectivity index (χ4n) is 12.1. The fourth-order valence-corrected chi connectivity index (χ4v) is 12.1. The maximum absolute atomic E-state index is 5.28. The third-order valence-corrected chi connectivity index (χ3v) is 15.7. The molecule has 9 aromatic carbocycles. The standard InChI is InChI=1S/C66H46N8/c1-65(2)49-29-17-19-31-53(49)73-55-38-56-46(37-45(55)47-33-43(35-51(65)57(47)73)63-69-59(39-21-9-5-10-22-39)67-60(70-63)40-23-11-6-12-24-40)48-34-44(36-52-58(48)74(56)54-32-20-18-30-50(54)66(52,3)4)64-71-61(41-25-13-7-14-26-41)68-62(72-64)42-27-15-8-16-28-42/h5-38H,1-4H3. The van der Waals surface area contributed by atoms with E-state index in [2.05, 4.69) is 170 Å². The van der Waals surface area contributed by atoms with Gasteiger partial charge in [0.15, 0.2) is 34.9 Å². The van der Waals surface area contributed by atoms with Gasteiger partial charge in [-0.15, -0.1) is 0 Å². The molecule has 8 heteroatoms. The van der Waals surface area contributed by atoms with E-state index >= 15 is 0 Å². The average Bonchev–Trinajstić information content (AvgIpc) is 3.97. The highest BCUT2D eigenvalue weighted by Crippen LogP contribution is 2.53. The van der Waals surface area contributed by atoms with Gasteiger partial charge in [0.25, 0.3) is 0 Å². The zero-order valence-corrected chi connectivity index (χ0v) is 41.2. The monoisotopic (exact) mass is 950 g/mol. The van der Waals surface area contributed by atoms with E-state index in [4.69, 9.17) is 29.9 Å². The maximum atomic E-state index is 5.28. The zero-order chi connectivity index (χ0) is 49.5. The molecule has 0 aliphatic carbocycles. The molecule has 74 heavy (non-hydrogen) atoms. The Hall–Kier alpha value is -9.40. The van der Waals surface area contributed by atoms with Crippen molar-refractivity contribution >= 4 is 43.6 Å². The van der Waals surface area contributed by atoms with E-state index in [0.29, 0.717) is 34.9 Å². The molecule has 0 N–H and O–H groups in total. The summed E-state index contributed by atoms with van der Waals surface area (Å²) in [7, 11) is 0. The zero-order valence-electron chi connectivity index (χ0n) is 41.2. The smallest absolute Gasteiger partial charge is 0.164 e. The summed E-state index contributed by atoms with van der Waals surface area (Å²) in [5.74, 6) is 3.80. The number of para-hydroxylation sites is 2. The minimum Gasteiger partial charge on any atom is -0.309 e. The van der Waals surface area contributed by atoms with Crippen LogP contribution in [0, 0.1) is 0 Å². The van der Waals surface area contributed by atoms with Crippen LogP contribution in [-0.4, -0.2) is 39.0 Å². The lowest BCUT2D eigenvalue weighted by Gasteiger charge is -2.35. The molecule has 2 aliphatic heterocycles. The second-order valence-electron chi connectivity index (χ2n) is 20.8. The van der Waals surface area contributed by atoms with Crippen LogP contribution in [0.15, 0.2) is 206 Å². The van der Waals surface area contributed by atoms with Gasteiger partial charge in [0.05, 0.1) is 33.4 Å². The van der Waals surface area contributed by atoms with Crippen molar-refractivity contribution in [2.24, 2.45) is 0 Å². The van der Waals surface area contributed by atoms with Crippen LogP contribution in [-0.2, 0) is 10.8 Å². The topological polar surface area (TPSA) is 87.2 Å². The summed E-state index contributed by atoms with van der Waals surface area (Å²) in [6, 6.07) is 72.9. The molecule has 0 saturated heterocycles.